The Hall–Kier alpha value is -1.20. The van der Waals surface area contributed by atoms with Crippen LogP contribution in [0.1, 0.15) is 50.1 Å². The first kappa shape index (κ1) is 18.8. The molecule has 2 N–H and O–H groups in total. The highest BCUT2D eigenvalue weighted by molar-refractivity contribution is 7.80. The Labute approximate surface area is 143 Å². The van der Waals surface area contributed by atoms with E-state index in [4.69, 9.17) is 22.7 Å². The molecule has 1 saturated carbocycles. The first-order chi connectivity index (χ1) is 10.2. The molecule has 0 saturated heterocycles. The fourth-order valence-corrected chi connectivity index (χ4v) is 3.03. The van der Waals surface area contributed by atoms with Crippen LogP contribution in [0.3, 0.4) is 0 Å². The number of nitrogens with zero attached hydrogens (tertiary/aromatic N) is 1. The van der Waals surface area contributed by atoms with Gasteiger partial charge in [0.15, 0.2) is 0 Å². The van der Waals surface area contributed by atoms with Gasteiger partial charge in [-0.05, 0) is 24.5 Å². The van der Waals surface area contributed by atoms with Gasteiger partial charge in [-0.25, -0.2) is 0 Å². The molecule has 122 valence electrons. The van der Waals surface area contributed by atoms with Gasteiger partial charge in [-0.1, -0.05) is 50.4 Å². The molecule has 0 radical (unpaired) electrons. The van der Waals surface area contributed by atoms with E-state index in [1.54, 1.807) is 18.3 Å². The van der Waals surface area contributed by atoms with Crippen LogP contribution in [0.2, 0.25) is 0 Å². The summed E-state index contributed by atoms with van der Waals surface area (Å²) >= 11 is 4.99. The van der Waals surface area contributed by atoms with E-state index < -0.39 is 11.9 Å². The monoisotopic (exact) mass is 342 g/mol. The zero-order valence-electron chi connectivity index (χ0n) is 12.6. The van der Waals surface area contributed by atoms with Gasteiger partial charge < -0.3 is 10.5 Å². The topological polar surface area (TPSA) is 65.2 Å². The Kier molecular flexibility index (Phi) is 8.35. The molecule has 0 amide bonds. The van der Waals surface area contributed by atoms with Crippen LogP contribution in [0.4, 0.5) is 0 Å². The Bertz CT molecular complexity index is 478. The van der Waals surface area contributed by atoms with Crippen molar-refractivity contribution in [2.24, 2.45) is 11.7 Å². The minimum absolute atomic E-state index is 0. The molecule has 1 atom stereocenters. The van der Waals surface area contributed by atoms with Crippen LogP contribution in [0.5, 0.6) is 0 Å². The highest BCUT2D eigenvalue weighted by Gasteiger charge is 2.26. The molecule has 1 aliphatic rings. The van der Waals surface area contributed by atoms with Crippen molar-refractivity contribution in [3.05, 3.63) is 30.1 Å². The summed E-state index contributed by atoms with van der Waals surface area (Å²) in [7, 11) is 0. The van der Waals surface area contributed by atoms with Gasteiger partial charge in [0.2, 0.25) is 0 Å². The van der Waals surface area contributed by atoms with Crippen molar-refractivity contribution in [3.63, 3.8) is 0 Å². The van der Waals surface area contributed by atoms with Gasteiger partial charge in [0.05, 0.1) is 17.3 Å². The number of halogens is 1. The number of aromatic nitrogens is 1. The van der Waals surface area contributed by atoms with E-state index in [2.05, 4.69) is 4.98 Å². The molecule has 1 aliphatic carbocycles. The van der Waals surface area contributed by atoms with Crippen LogP contribution in [0, 0.1) is 5.92 Å². The first-order valence-corrected chi connectivity index (χ1v) is 7.96. The Morgan fingerprint density at radius 1 is 1.36 bits per heavy atom. The van der Waals surface area contributed by atoms with E-state index in [0.29, 0.717) is 18.2 Å². The van der Waals surface area contributed by atoms with Gasteiger partial charge in [0, 0.05) is 6.20 Å². The van der Waals surface area contributed by atoms with E-state index in [0.717, 1.165) is 6.42 Å². The predicted molar refractivity (Wildman–Crippen MR) is 93.2 cm³/mol. The van der Waals surface area contributed by atoms with Crippen molar-refractivity contribution in [2.45, 2.75) is 44.4 Å². The summed E-state index contributed by atoms with van der Waals surface area (Å²) in [6.07, 6.45) is 8.96. The molecule has 0 aromatic carbocycles. The summed E-state index contributed by atoms with van der Waals surface area (Å²) in [5.41, 5.74) is 6.22. The van der Waals surface area contributed by atoms with Crippen molar-refractivity contribution >= 4 is 35.6 Å². The van der Waals surface area contributed by atoms with Crippen LogP contribution in [-0.2, 0) is 9.53 Å². The third kappa shape index (κ3) is 5.54. The number of ether oxygens (including phenoxy) is 1. The average molecular weight is 343 g/mol. The van der Waals surface area contributed by atoms with E-state index >= 15 is 0 Å². The molecular formula is C16H23ClN2O2S. The van der Waals surface area contributed by atoms with Gasteiger partial charge in [-0.15, -0.1) is 12.4 Å². The molecule has 1 fully saturated rings. The molecule has 0 aliphatic heterocycles. The third-order valence-corrected chi connectivity index (χ3v) is 4.23. The maximum Gasteiger partial charge on any atom is 0.321 e. The number of nitrogens with two attached hydrogens (primary N) is 1. The summed E-state index contributed by atoms with van der Waals surface area (Å²) in [6, 6.07) is 5.34. The molecular weight excluding hydrogens is 320 g/mol. The number of hydrogen-bond donors (Lipinski definition) is 1. The largest absolute Gasteiger partial charge is 0.465 e. The van der Waals surface area contributed by atoms with Crippen LogP contribution in [-0.4, -0.2) is 22.5 Å². The summed E-state index contributed by atoms with van der Waals surface area (Å²) in [6.45, 7) is 0.440. The highest BCUT2D eigenvalue weighted by Crippen LogP contribution is 2.26. The Morgan fingerprint density at radius 2 is 2.09 bits per heavy atom. The van der Waals surface area contributed by atoms with Gasteiger partial charge >= 0.3 is 5.97 Å². The molecule has 22 heavy (non-hydrogen) atoms. The summed E-state index contributed by atoms with van der Waals surface area (Å²) in [5, 5.41) is 0. The maximum absolute atomic E-state index is 12.2. The quantitative estimate of drug-likeness (QED) is 0.634. The van der Waals surface area contributed by atoms with E-state index in [9.17, 15) is 4.79 Å². The fourth-order valence-electron chi connectivity index (χ4n) is 2.81. The number of esters is 1. The lowest BCUT2D eigenvalue weighted by molar-refractivity contribution is -0.144. The van der Waals surface area contributed by atoms with Gasteiger partial charge in [0.25, 0.3) is 0 Å². The number of rotatable bonds is 6. The van der Waals surface area contributed by atoms with E-state index in [-0.39, 0.29) is 17.4 Å². The predicted octanol–water partition coefficient (Wildman–Crippen LogP) is 3.39. The average Bonchev–Trinajstić information content (AvgIpc) is 2.49. The second-order valence-electron chi connectivity index (χ2n) is 5.55. The summed E-state index contributed by atoms with van der Waals surface area (Å²) < 4.78 is 5.38. The third-order valence-electron chi connectivity index (χ3n) is 4.00. The standard InChI is InChI=1S/C16H22N2O2S.ClH/c17-15(21)14(13-8-4-5-10-18-13)16(19)20-11-9-12-6-2-1-3-7-12;/h4-5,8,10,12,14H,1-3,6-7,9,11H2,(H2,17,21);1H. The lowest BCUT2D eigenvalue weighted by Crippen LogP contribution is -2.29. The number of thiocarbonyl (C=S) groups is 1. The summed E-state index contributed by atoms with van der Waals surface area (Å²) in [4.78, 5) is 16.5. The first-order valence-electron chi connectivity index (χ1n) is 7.55. The minimum atomic E-state index is -0.743. The second-order valence-corrected chi connectivity index (χ2v) is 6.02. The minimum Gasteiger partial charge on any atom is -0.465 e. The molecule has 4 nitrogen and oxygen atoms in total. The van der Waals surface area contributed by atoms with Crippen molar-refractivity contribution < 1.29 is 9.53 Å². The number of carbonyl (C=O) groups is 1. The highest BCUT2D eigenvalue weighted by atomic mass is 35.5. The van der Waals surface area contributed by atoms with Gasteiger partial charge in [-0.3, -0.25) is 9.78 Å². The van der Waals surface area contributed by atoms with Gasteiger partial charge in [0.1, 0.15) is 5.92 Å². The molecule has 0 spiro atoms. The number of hydrogen-bond acceptors (Lipinski definition) is 4. The summed E-state index contributed by atoms with van der Waals surface area (Å²) in [5.74, 6) is -0.450. The zero-order chi connectivity index (χ0) is 15.1. The SMILES string of the molecule is Cl.NC(=S)C(C(=O)OCCC1CCCCC1)c1ccccn1. The van der Waals surface area contributed by atoms with E-state index in [1.807, 2.05) is 6.07 Å². The van der Waals surface area contributed by atoms with Crippen molar-refractivity contribution in [3.8, 4) is 0 Å². The molecule has 1 unspecified atom stereocenters. The number of carbonyl (C=O) groups excluding carboxylic acids is 1. The molecule has 1 aromatic heterocycles. The van der Waals surface area contributed by atoms with Crippen LogP contribution in [0.15, 0.2) is 24.4 Å². The molecule has 1 heterocycles. The van der Waals surface area contributed by atoms with Crippen molar-refractivity contribution in [1.29, 1.82) is 0 Å². The maximum atomic E-state index is 12.2. The van der Waals surface area contributed by atoms with Crippen LogP contribution >= 0.6 is 24.6 Å². The fraction of sp³-hybridized carbons (Fsp3) is 0.562. The molecule has 1 aromatic rings. The molecule has 2 rings (SSSR count). The molecule has 6 heteroatoms. The van der Waals surface area contributed by atoms with Crippen molar-refractivity contribution in [1.82, 2.24) is 4.98 Å². The lowest BCUT2D eigenvalue weighted by Gasteiger charge is -2.21. The normalized spacial score (nSPS) is 16.4. The van der Waals surface area contributed by atoms with Gasteiger partial charge in [-0.2, -0.15) is 0 Å². The van der Waals surface area contributed by atoms with Crippen LogP contribution < -0.4 is 5.73 Å². The lowest BCUT2D eigenvalue weighted by atomic mass is 9.87. The van der Waals surface area contributed by atoms with E-state index in [1.165, 1.54) is 32.1 Å². The Morgan fingerprint density at radius 3 is 2.68 bits per heavy atom. The van der Waals surface area contributed by atoms with Crippen molar-refractivity contribution in [2.75, 3.05) is 6.61 Å². The second kappa shape index (κ2) is 9.74. The van der Waals surface area contributed by atoms with Crippen LogP contribution in [0.25, 0.3) is 0 Å². The Balaban J connectivity index is 0.00000242. The zero-order valence-corrected chi connectivity index (χ0v) is 14.2. The smallest absolute Gasteiger partial charge is 0.321 e. The molecule has 0 bridgehead atoms. The number of pyridine rings is 1.